The second-order valence-corrected chi connectivity index (χ2v) is 5.80. The second kappa shape index (κ2) is 6.13. The second-order valence-electron chi connectivity index (χ2n) is 5.80. The monoisotopic (exact) mass is 328 g/mol. The Morgan fingerprint density at radius 1 is 1.12 bits per heavy atom. The van der Waals surface area contributed by atoms with Gasteiger partial charge in [-0.25, -0.2) is 4.39 Å². The summed E-state index contributed by atoms with van der Waals surface area (Å²) in [6.45, 7) is 2.34. The molecule has 0 saturated heterocycles. The van der Waals surface area contributed by atoms with Crippen LogP contribution >= 0.6 is 0 Å². The number of benzene rings is 2. The van der Waals surface area contributed by atoms with Gasteiger partial charge >= 0.3 is 0 Å². The normalized spacial score (nSPS) is 15.5. The predicted molar refractivity (Wildman–Crippen MR) is 87.2 cm³/mol. The summed E-state index contributed by atoms with van der Waals surface area (Å²) in [4.78, 5) is 12.4. The van der Waals surface area contributed by atoms with E-state index in [1.54, 1.807) is 24.3 Å². The van der Waals surface area contributed by atoms with Crippen LogP contribution in [-0.4, -0.2) is 25.7 Å². The Labute approximate surface area is 138 Å². The molecule has 2 aliphatic rings. The number of fused-ring (bicyclic) bond motifs is 2. The van der Waals surface area contributed by atoms with Crippen molar-refractivity contribution in [2.45, 2.75) is 13.0 Å². The Hall–Kier alpha value is -2.60. The maximum absolute atomic E-state index is 14.6. The van der Waals surface area contributed by atoms with E-state index in [2.05, 4.69) is 10.6 Å². The maximum atomic E-state index is 14.6. The molecule has 0 aliphatic carbocycles. The van der Waals surface area contributed by atoms with Gasteiger partial charge in [-0.2, -0.15) is 0 Å². The Morgan fingerprint density at radius 3 is 2.83 bits per heavy atom. The fourth-order valence-corrected chi connectivity index (χ4v) is 3.01. The molecule has 0 atom stereocenters. The maximum Gasteiger partial charge on any atom is 0.255 e. The van der Waals surface area contributed by atoms with Gasteiger partial charge in [-0.05, 0) is 48.4 Å². The van der Waals surface area contributed by atoms with Crippen molar-refractivity contribution >= 4 is 11.6 Å². The molecule has 2 aromatic rings. The molecule has 1 amide bonds. The molecule has 24 heavy (non-hydrogen) atoms. The van der Waals surface area contributed by atoms with Crippen molar-refractivity contribution in [2.24, 2.45) is 0 Å². The average molecular weight is 328 g/mol. The van der Waals surface area contributed by atoms with E-state index in [1.165, 1.54) is 0 Å². The molecule has 0 aromatic heterocycles. The van der Waals surface area contributed by atoms with E-state index >= 15 is 0 Å². The molecule has 2 aromatic carbocycles. The minimum absolute atomic E-state index is 0.204. The lowest BCUT2D eigenvalue weighted by molar-refractivity contribution is 0.102. The van der Waals surface area contributed by atoms with Gasteiger partial charge in [0.25, 0.3) is 5.91 Å². The summed E-state index contributed by atoms with van der Waals surface area (Å²) in [6, 6.07) is 8.41. The first-order valence-corrected chi connectivity index (χ1v) is 7.94. The van der Waals surface area contributed by atoms with Crippen molar-refractivity contribution in [3.63, 3.8) is 0 Å². The standard InChI is InChI=1S/C18H17FN2O3/c19-17-13-5-6-20-10-12(13)1-3-14(17)21-18(22)11-2-4-15-16(9-11)24-8-7-23-15/h1-4,9,20H,5-8,10H2,(H,21,22). The van der Waals surface area contributed by atoms with Gasteiger partial charge in [-0.1, -0.05) is 6.07 Å². The van der Waals surface area contributed by atoms with Crippen molar-refractivity contribution in [3.8, 4) is 11.5 Å². The minimum Gasteiger partial charge on any atom is -0.486 e. The summed E-state index contributed by atoms with van der Waals surface area (Å²) >= 11 is 0. The van der Waals surface area contributed by atoms with E-state index in [4.69, 9.17) is 9.47 Å². The smallest absolute Gasteiger partial charge is 0.255 e. The highest BCUT2D eigenvalue weighted by atomic mass is 19.1. The number of nitrogens with one attached hydrogen (secondary N) is 2. The van der Waals surface area contributed by atoms with Gasteiger partial charge in [0.05, 0.1) is 5.69 Å². The zero-order valence-electron chi connectivity index (χ0n) is 13.0. The highest BCUT2D eigenvalue weighted by Crippen LogP contribution is 2.31. The minimum atomic E-state index is -0.375. The summed E-state index contributed by atoms with van der Waals surface area (Å²) in [6.07, 6.45) is 0.620. The quantitative estimate of drug-likeness (QED) is 0.889. The Morgan fingerprint density at radius 2 is 1.96 bits per heavy atom. The van der Waals surface area contributed by atoms with Gasteiger partial charge in [0.15, 0.2) is 11.5 Å². The van der Waals surface area contributed by atoms with Crippen molar-refractivity contribution in [1.82, 2.24) is 5.32 Å². The highest BCUT2D eigenvalue weighted by Gasteiger charge is 2.19. The van der Waals surface area contributed by atoms with E-state index in [9.17, 15) is 9.18 Å². The topological polar surface area (TPSA) is 59.6 Å². The zero-order chi connectivity index (χ0) is 16.5. The molecule has 0 spiro atoms. The van der Waals surface area contributed by atoms with Crippen LogP contribution in [-0.2, 0) is 13.0 Å². The first kappa shape index (κ1) is 15.0. The lowest BCUT2D eigenvalue weighted by Crippen LogP contribution is -2.25. The van der Waals surface area contributed by atoms with Crippen LogP contribution in [0.3, 0.4) is 0 Å². The van der Waals surface area contributed by atoms with Crippen LogP contribution in [0.15, 0.2) is 30.3 Å². The number of carbonyl (C=O) groups is 1. The third-order valence-electron chi connectivity index (χ3n) is 4.26. The Kier molecular flexibility index (Phi) is 3.82. The van der Waals surface area contributed by atoms with Gasteiger partial charge < -0.3 is 20.1 Å². The largest absolute Gasteiger partial charge is 0.486 e. The summed E-state index contributed by atoms with van der Waals surface area (Å²) in [5.74, 6) is 0.427. The van der Waals surface area contributed by atoms with Crippen molar-refractivity contribution in [2.75, 3.05) is 25.1 Å². The summed E-state index contributed by atoms with van der Waals surface area (Å²) in [7, 11) is 0. The first-order chi connectivity index (χ1) is 11.7. The lowest BCUT2D eigenvalue weighted by atomic mass is 9.99. The number of hydrogen-bond acceptors (Lipinski definition) is 4. The lowest BCUT2D eigenvalue weighted by Gasteiger charge is -2.20. The third kappa shape index (κ3) is 2.69. The molecule has 124 valence electrons. The number of halogens is 1. The van der Waals surface area contributed by atoms with Gasteiger partial charge in [0, 0.05) is 12.1 Å². The molecule has 2 aliphatic heterocycles. The van der Waals surface area contributed by atoms with E-state index in [1.807, 2.05) is 6.07 Å². The fourth-order valence-electron chi connectivity index (χ4n) is 3.01. The third-order valence-corrected chi connectivity index (χ3v) is 4.26. The van der Waals surface area contributed by atoms with Gasteiger partial charge in [0.2, 0.25) is 0 Å². The van der Waals surface area contributed by atoms with E-state index in [-0.39, 0.29) is 17.4 Å². The Balaban J connectivity index is 1.58. The first-order valence-electron chi connectivity index (χ1n) is 7.94. The molecule has 2 N–H and O–H groups in total. The molecule has 0 radical (unpaired) electrons. The van der Waals surface area contributed by atoms with Gasteiger partial charge in [-0.3, -0.25) is 4.79 Å². The van der Waals surface area contributed by atoms with Crippen LogP contribution in [0.5, 0.6) is 11.5 Å². The molecule has 0 unspecified atom stereocenters. The van der Waals surface area contributed by atoms with Crippen molar-refractivity contribution < 1.29 is 18.7 Å². The number of amides is 1. The van der Waals surface area contributed by atoms with Crippen LogP contribution in [0.4, 0.5) is 10.1 Å². The number of ether oxygens (including phenoxy) is 2. The molecule has 0 bridgehead atoms. The SMILES string of the molecule is O=C(Nc1ccc2c(c1F)CCNC2)c1ccc2c(c1)OCCO2. The van der Waals surface area contributed by atoms with Crippen LogP contribution in [0.2, 0.25) is 0 Å². The predicted octanol–water partition coefficient (Wildman–Crippen LogP) is 2.49. The molecule has 0 saturated carbocycles. The molecular formula is C18H17FN2O3. The zero-order valence-corrected chi connectivity index (χ0v) is 13.0. The fraction of sp³-hybridized carbons (Fsp3) is 0.278. The summed E-state index contributed by atoms with van der Waals surface area (Å²) < 4.78 is 25.5. The van der Waals surface area contributed by atoms with E-state index in [0.717, 1.165) is 12.1 Å². The summed E-state index contributed by atoms with van der Waals surface area (Å²) in [5, 5.41) is 5.86. The van der Waals surface area contributed by atoms with Gasteiger partial charge in [-0.15, -0.1) is 0 Å². The molecule has 0 fully saturated rings. The van der Waals surface area contributed by atoms with Crippen molar-refractivity contribution in [1.29, 1.82) is 0 Å². The molecule has 5 nitrogen and oxygen atoms in total. The Bertz CT molecular complexity index is 807. The number of carbonyl (C=O) groups excluding carboxylic acids is 1. The van der Waals surface area contributed by atoms with Gasteiger partial charge in [0.1, 0.15) is 19.0 Å². The van der Waals surface area contributed by atoms with Crippen LogP contribution in [0, 0.1) is 5.82 Å². The average Bonchev–Trinajstić information content (AvgIpc) is 2.64. The van der Waals surface area contributed by atoms with Crippen LogP contribution < -0.4 is 20.1 Å². The number of rotatable bonds is 2. The highest BCUT2D eigenvalue weighted by molar-refractivity contribution is 6.04. The van der Waals surface area contributed by atoms with Crippen molar-refractivity contribution in [3.05, 3.63) is 52.8 Å². The molecular weight excluding hydrogens is 311 g/mol. The molecule has 6 heteroatoms. The molecule has 2 heterocycles. The summed E-state index contributed by atoms with van der Waals surface area (Å²) in [5.41, 5.74) is 2.22. The number of hydrogen-bond donors (Lipinski definition) is 2. The van der Waals surface area contributed by atoms with E-state index in [0.29, 0.717) is 48.8 Å². The van der Waals surface area contributed by atoms with Crippen LogP contribution in [0.1, 0.15) is 21.5 Å². The number of anilines is 1. The van der Waals surface area contributed by atoms with Crippen LogP contribution in [0.25, 0.3) is 0 Å². The molecule has 4 rings (SSSR count). The van der Waals surface area contributed by atoms with E-state index < -0.39 is 0 Å².